The van der Waals surface area contributed by atoms with Crippen LogP contribution in [0.4, 0.5) is 9.18 Å². The highest BCUT2D eigenvalue weighted by Gasteiger charge is 2.20. The van der Waals surface area contributed by atoms with E-state index in [9.17, 15) is 14.0 Å². The summed E-state index contributed by atoms with van der Waals surface area (Å²) in [6.45, 7) is 5.19. The number of aryl methyl sites for hydroxylation is 1. The van der Waals surface area contributed by atoms with Crippen LogP contribution in [0, 0.1) is 0 Å². The van der Waals surface area contributed by atoms with Crippen molar-refractivity contribution in [2.75, 3.05) is 13.2 Å². The standard InChI is InChI=1S/C18H22FNO4/c1-18(2,3)24-17(22)20-10-12(9-19)11-23-14-6-4-13-5-7-16(21)15(13)8-14/h4,6,8-9H,5,7,10-11H2,1-3H3,(H,20,22)/b12-9-. The smallest absolute Gasteiger partial charge is 0.407 e. The van der Waals surface area contributed by atoms with Gasteiger partial charge in [-0.05, 0) is 44.9 Å². The predicted octanol–water partition coefficient (Wildman–Crippen LogP) is 3.57. The summed E-state index contributed by atoms with van der Waals surface area (Å²) in [5, 5.41) is 2.47. The Bertz CT molecular complexity index is 661. The first-order valence-corrected chi connectivity index (χ1v) is 7.82. The van der Waals surface area contributed by atoms with Gasteiger partial charge in [-0.3, -0.25) is 4.79 Å². The van der Waals surface area contributed by atoms with E-state index in [4.69, 9.17) is 9.47 Å². The molecular weight excluding hydrogens is 313 g/mol. The van der Waals surface area contributed by atoms with E-state index >= 15 is 0 Å². The maximum atomic E-state index is 12.9. The van der Waals surface area contributed by atoms with Crippen LogP contribution in [0.2, 0.25) is 0 Å². The average Bonchev–Trinajstić information content (AvgIpc) is 2.87. The molecule has 130 valence electrons. The molecule has 2 rings (SSSR count). The van der Waals surface area contributed by atoms with Crippen molar-refractivity contribution in [3.05, 3.63) is 41.2 Å². The second-order valence-corrected chi connectivity index (χ2v) is 6.65. The molecule has 0 atom stereocenters. The Hall–Kier alpha value is -2.37. The highest BCUT2D eigenvalue weighted by Crippen LogP contribution is 2.26. The summed E-state index contributed by atoms with van der Waals surface area (Å²) in [5.74, 6) is 0.601. The van der Waals surface area contributed by atoms with Gasteiger partial charge in [0.2, 0.25) is 0 Å². The Morgan fingerprint density at radius 1 is 1.33 bits per heavy atom. The number of fused-ring (bicyclic) bond motifs is 1. The van der Waals surface area contributed by atoms with Gasteiger partial charge in [-0.15, -0.1) is 0 Å². The lowest BCUT2D eigenvalue weighted by atomic mass is 10.1. The third-order valence-corrected chi connectivity index (χ3v) is 3.44. The molecule has 1 aromatic rings. The number of rotatable bonds is 5. The quantitative estimate of drug-likeness (QED) is 0.893. The molecule has 1 amide bonds. The number of carbonyl (C=O) groups is 2. The fourth-order valence-electron chi connectivity index (χ4n) is 2.30. The van der Waals surface area contributed by atoms with Gasteiger partial charge in [-0.25, -0.2) is 9.18 Å². The van der Waals surface area contributed by atoms with Crippen molar-refractivity contribution in [1.82, 2.24) is 5.32 Å². The largest absolute Gasteiger partial charge is 0.489 e. The number of alkyl carbamates (subject to hydrolysis) is 1. The van der Waals surface area contributed by atoms with Gasteiger partial charge < -0.3 is 14.8 Å². The molecule has 1 aliphatic carbocycles. The maximum absolute atomic E-state index is 12.9. The minimum atomic E-state index is -0.620. The molecule has 24 heavy (non-hydrogen) atoms. The van der Waals surface area contributed by atoms with Crippen LogP contribution in [0.3, 0.4) is 0 Å². The highest BCUT2D eigenvalue weighted by molar-refractivity contribution is 6.00. The number of Topliss-reactive ketones (excluding diaryl/α,β-unsaturated/α-hetero) is 1. The third kappa shape index (κ3) is 5.08. The fraction of sp³-hybridized carbons (Fsp3) is 0.444. The number of nitrogens with one attached hydrogen (secondary N) is 1. The molecule has 0 saturated carbocycles. The van der Waals surface area contributed by atoms with Crippen LogP contribution in [-0.4, -0.2) is 30.6 Å². The number of carbonyl (C=O) groups excluding carboxylic acids is 2. The molecule has 0 heterocycles. The lowest BCUT2D eigenvalue weighted by Gasteiger charge is -2.20. The van der Waals surface area contributed by atoms with Crippen LogP contribution in [0.5, 0.6) is 5.75 Å². The first kappa shape index (κ1) is 18.0. The number of halogens is 1. The second kappa shape index (κ2) is 7.47. The number of ether oxygens (including phenoxy) is 2. The van der Waals surface area contributed by atoms with Crippen LogP contribution < -0.4 is 10.1 Å². The molecule has 1 aromatic carbocycles. The summed E-state index contributed by atoms with van der Waals surface area (Å²) in [4.78, 5) is 23.3. The van der Waals surface area contributed by atoms with Crippen molar-refractivity contribution < 1.29 is 23.5 Å². The molecule has 0 bridgehead atoms. The van der Waals surface area contributed by atoms with E-state index < -0.39 is 11.7 Å². The van der Waals surface area contributed by atoms with Gasteiger partial charge in [-0.2, -0.15) is 0 Å². The van der Waals surface area contributed by atoms with Crippen LogP contribution >= 0.6 is 0 Å². The summed E-state index contributed by atoms with van der Waals surface area (Å²) in [5.41, 5.74) is 1.33. The van der Waals surface area contributed by atoms with Crippen molar-refractivity contribution in [3.63, 3.8) is 0 Å². The minimum Gasteiger partial charge on any atom is -0.489 e. The van der Waals surface area contributed by atoms with Crippen LogP contribution in [0.25, 0.3) is 0 Å². The second-order valence-electron chi connectivity index (χ2n) is 6.65. The van der Waals surface area contributed by atoms with Gasteiger partial charge in [0.05, 0.1) is 6.33 Å². The van der Waals surface area contributed by atoms with Gasteiger partial charge in [-0.1, -0.05) is 6.07 Å². The van der Waals surface area contributed by atoms with E-state index in [0.717, 1.165) is 12.0 Å². The number of benzene rings is 1. The van der Waals surface area contributed by atoms with Crippen LogP contribution in [0.15, 0.2) is 30.1 Å². The summed E-state index contributed by atoms with van der Waals surface area (Å²) in [6, 6.07) is 5.30. The normalized spacial score (nSPS) is 14.3. The van der Waals surface area contributed by atoms with Crippen LogP contribution in [-0.2, 0) is 11.2 Å². The Balaban J connectivity index is 1.85. The van der Waals surface area contributed by atoms with Crippen molar-refractivity contribution >= 4 is 11.9 Å². The number of hydrogen-bond acceptors (Lipinski definition) is 4. The van der Waals surface area contributed by atoms with E-state index in [1.165, 1.54) is 0 Å². The first-order valence-electron chi connectivity index (χ1n) is 7.82. The van der Waals surface area contributed by atoms with Gasteiger partial charge in [0.15, 0.2) is 5.78 Å². The Labute approximate surface area is 140 Å². The van der Waals surface area contributed by atoms with Crippen molar-refractivity contribution in [1.29, 1.82) is 0 Å². The molecule has 1 N–H and O–H groups in total. The highest BCUT2D eigenvalue weighted by atomic mass is 19.1. The molecule has 5 nitrogen and oxygen atoms in total. The van der Waals surface area contributed by atoms with Crippen molar-refractivity contribution in [2.45, 2.75) is 39.2 Å². The Morgan fingerprint density at radius 3 is 2.75 bits per heavy atom. The molecule has 1 aliphatic rings. The number of ketones is 1. The third-order valence-electron chi connectivity index (χ3n) is 3.44. The van der Waals surface area contributed by atoms with Gasteiger partial charge >= 0.3 is 6.09 Å². The minimum absolute atomic E-state index is 0.0186. The Kier molecular flexibility index (Phi) is 5.59. The van der Waals surface area contributed by atoms with Gasteiger partial charge in [0, 0.05) is 24.1 Å². The lowest BCUT2D eigenvalue weighted by molar-refractivity contribution is 0.0531. The van der Waals surface area contributed by atoms with E-state index in [-0.39, 0.29) is 24.5 Å². The Morgan fingerprint density at radius 2 is 2.08 bits per heavy atom. The lowest BCUT2D eigenvalue weighted by Crippen LogP contribution is -2.34. The van der Waals surface area contributed by atoms with Crippen molar-refractivity contribution in [3.8, 4) is 5.75 Å². The molecule has 0 unspecified atom stereocenters. The fourth-order valence-corrected chi connectivity index (χ4v) is 2.30. The molecule has 0 fully saturated rings. The molecule has 0 spiro atoms. The summed E-state index contributed by atoms with van der Waals surface area (Å²) >= 11 is 0. The zero-order chi connectivity index (χ0) is 17.7. The monoisotopic (exact) mass is 335 g/mol. The summed E-state index contributed by atoms with van der Waals surface area (Å²) in [6.07, 6.45) is 1.05. The average molecular weight is 335 g/mol. The predicted molar refractivity (Wildman–Crippen MR) is 88.0 cm³/mol. The van der Waals surface area contributed by atoms with E-state index in [1.54, 1.807) is 32.9 Å². The van der Waals surface area contributed by atoms with E-state index in [0.29, 0.717) is 24.1 Å². The molecule has 0 saturated heterocycles. The maximum Gasteiger partial charge on any atom is 0.407 e. The SMILES string of the molecule is CC(C)(C)OC(=O)NC/C(=C/F)COc1ccc2c(c1)C(=O)CC2. The topological polar surface area (TPSA) is 64.6 Å². The first-order chi connectivity index (χ1) is 11.3. The molecule has 0 aliphatic heterocycles. The van der Waals surface area contributed by atoms with E-state index in [2.05, 4.69) is 5.32 Å². The number of hydrogen-bond donors (Lipinski definition) is 1. The summed E-state index contributed by atoms with van der Waals surface area (Å²) in [7, 11) is 0. The van der Waals surface area contributed by atoms with Gasteiger partial charge in [0.25, 0.3) is 0 Å². The van der Waals surface area contributed by atoms with Crippen LogP contribution in [0.1, 0.15) is 43.1 Å². The molecule has 0 radical (unpaired) electrons. The molecule has 6 heteroatoms. The molecular formula is C18H22FNO4. The zero-order valence-corrected chi connectivity index (χ0v) is 14.1. The van der Waals surface area contributed by atoms with Crippen molar-refractivity contribution in [2.24, 2.45) is 0 Å². The van der Waals surface area contributed by atoms with Gasteiger partial charge in [0.1, 0.15) is 18.0 Å². The van der Waals surface area contributed by atoms with E-state index in [1.807, 2.05) is 6.07 Å². The zero-order valence-electron chi connectivity index (χ0n) is 14.1. The molecule has 0 aromatic heterocycles. The number of amides is 1. The summed E-state index contributed by atoms with van der Waals surface area (Å²) < 4.78 is 23.5.